The summed E-state index contributed by atoms with van der Waals surface area (Å²) in [5.41, 5.74) is 5.61. The Morgan fingerprint density at radius 2 is 2.09 bits per heavy atom. The SMILES string of the molecule is C#CC(C)(C)N1CCN(CC(O)CC(Cc2cccnc2)C(N)=O)[C@H](C(=O)NCC(F)(F)F)C1. The third-order valence-corrected chi connectivity index (χ3v) is 6.01. The molecular weight excluding hydrogens is 451 g/mol. The molecule has 0 radical (unpaired) electrons. The maximum atomic E-state index is 12.7. The fourth-order valence-corrected chi connectivity index (χ4v) is 3.97. The van der Waals surface area contributed by atoms with Crippen LogP contribution >= 0.6 is 0 Å². The molecule has 3 atom stereocenters. The molecule has 1 aliphatic heterocycles. The number of halogens is 3. The molecular formula is C23H32F3N5O3. The molecule has 1 saturated heterocycles. The number of piperazine rings is 1. The number of nitrogens with one attached hydrogen (secondary N) is 1. The fourth-order valence-electron chi connectivity index (χ4n) is 3.97. The minimum absolute atomic E-state index is 0.00868. The van der Waals surface area contributed by atoms with Crippen LogP contribution in [0, 0.1) is 18.3 Å². The van der Waals surface area contributed by atoms with Crippen molar-refractivity contribution in [2.75, 3.05) is 32.7 Å². The van der Waals surface area contributed by atoms with E-state index in [9.17, 15) is 27.9 Å². The zero-order chi connectivity index (χ0) is 25.5. The monoisotopic (exact) mass is 483 g/mol. The molecule has 2 amide bonds. The summed E-state index contributed by atoms with van der Waals surface area (Å²) < 4.78 is 38.0. The first-order chi connectivity index (χ1) is 15.8. The lowest BCUT2D eigenvalue weighted by Crippen LogP contribution is -2.64. The van der Waals surface area contributed by atoms with E-state index in [0.29, 0.717) is 19.5 Å². The van der Waals surface area contributed by atoms with Gasteiger partial charge in [-0.1, -0.05) is 12.0 Å². The van der Waals surface area contributed by atoms with Gasteiger partial charge in [0.2, 0.25) is 11.8 Å². The number of pyridine rings is 1. The largest absolute Gasteiger partial charge is 0.405 e. The molecule has 2 heterocycles. The molecule has 0 saturated carbocycles. The average Bonchev–Trinajstić information content (AvgIpc) is 2.77. The number of amides is 2. The summed E-state index contributed by atoms with van der Waals surface area (Å²) in [6.07, 6.45) is 3.55. The van der Waals surface area contributed by atoms with Gasteiger partial charge in [0.1, 0.15) is 12.6 Å². The average molecular weight is 484 g/mol. The number of primary amides is 1. The van der Waals surface area contributed by atoms with Crippen molar-refractivity contribution in [2.45, 2.75) is 50.6 Å². The Morgan fingerprint density at radius 1 is 1.38 bits per heavy atom. The molecule has 1 aliphatic rings. The number of nitrogens with zero attached hydrogens (tertiary/aromatic N) is 3. The van der Waals surface area contributed by atoms with Gasteiger partial charge in [-0.3, -0.25) is 24.4 Å². The molecule has 1 aromatic rings. The van der Waals surface area contributed by atoms with Crippen LogP contribution in [0.3, 0.4) is 0 Å². The molecule has 188 valence electrons. The number of hydrogen-bond acceptors (Lipinski definition) is 6. The molecule has 0 spiro atoms. The van der Waals surface area contributed by atoms with Crippen molar-refractivity contribution in [3.8, 4) is 12.3 Å². The van der Waals surface area contributed by atoms with Gasteiger partial charge in [-0.25, -0.2) is 0 Å². The van der Waals surface area contributed by atoms with Gasteiger partial charge in [0.05, 0.1) is 11.6 Å². The van der Waals surface area contributed by atoms with E-state index in [4.69, 9.17) is 12.2 Å². The van der Waals surface area contributed by atoms with Gasteiger partial charge in [0.25, 0.3) is 0 Å². The van der Waals surface area contributed by atoms with Crippen LogP contribution in [0.5, 0.6) is 0 Å². The van der Waals surface area contributed by atoms with E-state index in [2.05, 4.69) is 10.9 Å². The molecule has 2 unspecified atom stereocenters. The van der Waals surface area contributed by atoms with Gasteiger partial charge in [-0.2, -0.15) is 13.2 Å². The molecule has 34 heavy (non-hydrogen) atoms. The normalized spacial score (nSPS) is 19.7. The fraction of sp³-hybridized carbons (Fsp3) is 0.609. The zero-order valence-electron chi connectivity index (χ0n) is 19.4. The zero-order valence-corrected chi connectivity index (χ0v) is 19.4. The van der Waals surface area contributed by atoms with Crippen molar-refractivity contribution in [3.63, 3.8) is 0 Å². The summed E-state index contributed by atoms with van der Waals surface area (Å²) in [6, 6.07) is 2.57. The lowest BCUT2D eigenvalue weighted by molar-refractivity contribution is -0.144. The van der Waals surface area contributed by atoms with E-state index in [-0.39, 0.29) is 19.5 Å². The van der Waals surface area contributed by atoms with E-state index < -0.39 is 48.1 Å². The predicted molar refractivity (Wildman–Crippen MR) is 120 cm³/mol. The number of hydrogen-bond donors (Lipinski definition) is 3. The molecule has 0 aromatic carbocycles. The number of nitrogens with two attached hydrogens (primary N) is 1. The second-order valence-electron chi connectivity index (χ2n) is 9.05. The molecule has 4 N–H and O–H groups in total. The van der Waals surface area contributed by atoms with Crippen LogP contribution in [-0.4, -0.2) is 88.3 Å². The maximum absolute atomic E-state index is 12.7. The Bertz CT molecular complexity index is 873. The third kappa shape index (κ3) is 8.27. The third-order valence-electron chi connectivity index (χ3n) is 6.01. The Morgan fingerprint density at radius 3 is 2.65 bits per heavy atom. The molecule has 1 fully saturated rings. The van der Waals surface area contributed by atoms with E-state index in [1.54, 1.807) is 43.3 Å². The van der Waals surface area contributed by atoms with E-state index >= 15 is 0 Å². The van der Waals surface area contributed by atoms with Crippen molar-refractivity contribution in [1.82, 2.24) is 20.1 Å². The van der Waals surface area contributed by atoms with Crippen LogP contribution in [0.1, 0.15) is 25.8 Å². The number of alkyl halides is 3. The maximum Gasteiger partial charge on any atom is 0.405 e. The highest BCUT2D eigenvalue weighted by atomic mass is 19.4. The van der Waals surface area contributed by atoms with Gasteiger partial charge in [0.15, 0.2) is 0 Å². The van der Waals surface area contributed by atoms with E-state index in [1.165, 1.54) is 0 Å². The van der Waals surface area contributed by atoms with Gasteiger partial charge in [0, 0.05) is 44.5 Å². The summed E-state index contributed by atoms with van der Waals surface area (Å²) in [5, 5.41) is 12.6. The Hall–Kier alpha value is -2.68. The molecule has 2 rings (SSSR count). The van der Waals surface area contributed by atoms with Crippen LogP contribution in [0.4, 0.5) is 13.2 Å². The minimum atomic E-state index is -4.55. The van der Waals surface area contributed by atoms with Crippen molar-refractivity contribution < 1.29 is 27.9 Å². The van der Waals surface area contributed by atoms with E-state index in [0.717, 1.165) is 5.56 Å². The minimum Gasteiger partial charge on any atom is -0.392 e. The molecule has 11 heteroatoms. The summed E-state index contributed by atoms with van der Waals surface area (Å²) in [7, 11) is 0. The van der Waals surface area contributed by atoms with Gasteiger partial charge < -0.3 is 16.2 Å². The topological polar surface area (TPSA) is 112 Å². The van der Waals surface area contributed by atoms with Crippen molar-refractivity contribution >= 4 is 11.8 Å². The highest BCUT2D eigenvalue weighted by Crippen LogP contribution is 2.22. The number of carbonyl (C=O) groups excluding carboxylic acids is 2. The summed E-state index contributed by atoms with van der Waals surface area (Å²) in [6.45, 7) is 2.98. The number of terminal acetylenes is 1. The number of carbonyl (C=O) groups is 2. The number of rotatable bonds is 10. The Balaban J connectivity index is 2.10. The smallest absolute Gasteiger partial charge is 0.392 e. The van der Waals surface area contributed by atoms with Crippen molar-refractivity contribution in [3.05, 3.63) is 30.1 Å². The number of β-amino-alcohol motifs (C(OH)–C–C–N with tert-alkyl or cyclic N) is 1. The summed E-state index contributed by atoms with van der Waals surface area (Å²) >= 11 is 0. The van der Waals surface area contributed by atoms with Crippen molar-refractivity contribution in [1.29, 1.82) is 0 Å². The lowest BCUT2D eigenvalue weighted by Gasteiger charge is -2.46. The highest BCUT2D eigenvalue weighted by Gasteiger charge is 2.39. The van der Waals surface area contributed by atoms with Crippen molar-refractivity contribution in [2.24, 2.45) is 11.7 Å². The van der Waals surface area contributed by atoms with Gasteiger partial charge in [-0.15, -0.1) is 6.42 Å². The predicted octanol–water partition coefficient (Wildman–Crippen LogP) is 0.553. The van der Waals surface area contributed by atoms with Crippen LogP contribution < -0.4 is 11.1 Å². The van der Waals surface area contributed by atoms with Crippen LogP contribution in [-0.2, 0) is 16.0 Å². The number of aliphatic hydroxyl groups is 1. The van der Waals surface area contributed by atoms with Crippen LogP contribution in [0.15, 0.2) is 24.5 Å². The molecule has 1 aromatic heterocycles. The molecule has 0 bridgehead atoms. The first-order valence-corrected chi connectivity index (χ1v) is 11.0. The van der Waals surface area contributed by atoms with E-state index in [1.807, 2.05) is 10.2 Å². The quantitative estimate of drug-likeness (QED) is 0.419. The summed E-state index contributed by atoms with van der Waals surface area (Å²) in [5.74, 6) is 0.583. The molecule has 0 aliphatic carbocycles. The first kappa shape index (κ1) is 27.6. The van der Waals surface area contributed by atoms with Gasteiger partial charge >= 0.3 is 6.18 Å². The second-order valence-corrected chi connectivity index (χ2v) is 9.05. The number of aromatic nitrogens is 1. The van der Waals surface area contributed by atoms with Gasteiger partial charge in [-0.05, 0) is 38.3 Å². The Labute approximate surface area is 197 Å². The van der Waals surface area contributed by atoms with Crippen LogP contribution in [0.2, 0.25) is 0 Å². The first-order valence-electron chi connectivity index (χ1n) is 11.0. The second kappa shape index (κ2) is 11.6. The standard InChI is InChI=1S/C23H32F3N5O3/c1-4-22(2,3)31-9-8-30(19(14-31)21(34)29-15-23(24,25)26)13-18(32)11-17(20(27)33)10-16-6-5-7-28-12-16/h1,5-7,12,17-19,32H,8-11,13-15H2,2-3H3,(H2,27,33)(H,29,34)/t17?,18?,19-/m0/s1. The Kier molecular flexibility index (Phi) is 9.44. The molecule has 8 nitrogen and oxygen atoms in total. The summed E-state index contributed by atoms with van der Waals surface area (Å²) in [4.78, 5) is 32.1. The van der Waals surface area contributed by atoms with Crippen LogP contribution in [0.25, 0.3) is 0 Å². The highest BCUT2D eigenvalue weighted by molar-refractivity contribution is 5.82. The lowest BCUT2D eigenvalue weighted by atomic mass is 9.93. The number of aliphatic hydroxyl groups excluding tert-OH is 1.